The molecule has 1 atom stereocenters. The molecule has 0 spiro atoms. The van der Waals surface area contributed by atoms with Crippen molar-refractivity contribution in [2.75, 3.05) is 60.8 Å². The first-order valence-corrected chi connectivity index (χ1v) is 14.8. The highest BCUT2D eigenvalue weighted by Gasteiger charge is 2.36. The van der Waals surface area contributed by atoms with Crippen molar-refractivity contribution in [1.82, 2.24) is 9.97 Å². The molecular formula is C29H41N5OS. The molecule has 1 aromatic carbocycles. The molecule has 36 heavy (non-hydrogen) atoms. The molecule has 0 aliphatic carbocycles. The molecule has 0 saturated carbocycles. The highest BCUT2D eigenvalue weighted by molar-refractivity contribution is 7.99. The van der Waals surface area contributed by atoms with Crippen LogP contribution in [0.25, 0.3) is 0 Å². The van der Waals surface area contributed by atoms with Gasteiger partial charge in [0, 0.05) is 69.7 Å². The SMILES string of the molecule is CN1CC(C2CCN(c3nc4c(c(NC5CCOCC5)n3)SCC4)CC2)c2cc(C(C)(C)C)ccc21. The van der Waals surface area contributed by atoms with Gasteiger partial charge in [-0.2, -0.15) is 4.98 Å². The van der Waals surface area contributed by atoms with Gasteiger partial charge < -0.3 is 19.9 Å². The molecule has 2 fully saturated rings. The number of ether oxygens (including phenoxy) is 1. The van der Waals surface area contributed by atoms with Gasteiger partial charge in [0.1, 0.15) is 5.82 Å². The second-order valence-corrected chi connectivity index (χ2v) is 13.2. The molecule has 4 aliphatic heterocycles. The Kier molecular flexibility index (Phi) is 6.57. The minimum absolute atomic E-state index is 0.184. The summed E-state index contributed by atoms with van der Waals surface area (Å²) in [6.07, 6.45) is 5.57. The van der Waals surface area contributed by atoms with Crippen molar-refractivity contribution >= 4 is 29.2 Å². The van der Waals surface area contributed by atoms with Gasteiger partial charge in [-0.05, 0) is 54.2 Å². The largest absolute Gasteiger partial charge is 0.381 e. The fraction of sp³-hybridized carbons (Fsp3) is 0.655. The van der Waals surface area contributed by atoms with Gasteiger partial charge in [-0.3, -0.25) is 0 Å². The average molecular weight is 508 g/mol. The van der Waals surface area contributed by atoms with Crippen molar-refractivity contribution in [3.63, 3.8) is 0 Å². The number of nitrogens with zero attached hydrogens (tertiary/aromatic N) is 4. The maximum Gasteiger partial charge on any atom is 0.227 e. The van der Waals surface area contributed by atoms with E-state index < -0.39 is 0 Å². The molecule has 0 bridgehead atoms. The number of aromatic nitrogens is 2. The second-order valence-electron chi connectivity index (χ2n) is 12.1. The van der Waals surface area contributed by atoms with Crippen molar-refractivity contribution in [2.24, 2.45) is 5.92 Å². The Labute approximate surface area is 220 Å². The van der Waals surface area contributed by atoms with Crippen LogP contribution in [0.2, 0.25) is 0 Å². The summed E-state index contributed by atoms with van der Waals surface area (Å²) >= 11 is 1.91. The van der Waals surface area contributed by atoms with E-state index in [9.17, 15) is 0 Å². The molecule has 5 heterocycles. The molecule has 0 amide bonds. The minimum Gasteiger partial charge on any atom is -0.381 e. The number of hydrogen-bond acceptors (Lipinski definition) is 7. The van der Waals surface area contributed by atoms with E-state index in [1.165, 1.54) is 34.7 Å². The van der Waals surface area contributed by atoms with E-state index in [-0.39, 0.29) is 5.41 Å². The minimum atomic E-state index is 0.184. The van der Waals surface area contributed by atoms with Crippen LogP contribution in [-0.4, -0.2) is 61.7 Å². The molecule has 1 aromatic heterocycles. The standard InChI is InChI=1S/C29H41N5OS/c1-29(2,3)20-5-6-25-22(17-20)23(18-33(25)4)19-7-12-34(13-8-19)28-31-24-11-16-36-26(24)27(32-28)30-21-9-14-35-15-10-21/h5-6,17,19,21,23H,7-16,18H2,1-4H3,(H,30,31,32). The van der Waals surface area contributed by atoms with Gasteiger partial charge in [0.05, 0.1) is 10.6 Å². The van der Waals surface area contributed by atoms with Crippen molar-refractivity contribution < 1.29 is 4.74 Å². The van der Waals surface area contributed by atoms with E-state index in [0.717, 1.165) is 69.6 Å². The Bertz CT molecular complexity index is 1100. The van der Waals surface area contributed by atoms with E-state index in [1.54, 1.807) is 5.56 Å². The van der Waals surface area contributed by atoms with Crippen molar-refractivity contribution in [3.8, 4) is 0 Å². The zero-order chi connectivity index (χ0) is 24.9. The molecular weight excluding hydrogens is 466 g/mol. The third-order valence-electron chi connectivity index (χ3n) is 8.64. The predicted molar refractivity (Wildman–Crippen MR) is 150 cm³/mol. The van der Waals surface area contributed by atoms with Crippen LogP contribution in [0.5, 0.6) is 0 Å². The lowest BCUT2D eigenvalue weighted by Gasteiger charge is -2.35. The normalized spacial score (nSPS) is 23.2. The summed E-state index contributed by atoms with van der Waals surface area (Å²) in [7, 11) is 2.26. The van der Waals surface area contributed by atoms with Gasteiger partial charge in [-0.25, -0.2) is 4.98 Å². The van der Waals surface area contributed by atoms with Crippen molar-refractivity contribution in [1.29, 1.82) is 0 Å². The van der Waals surface area contributed by atoms with Gasteiger partial charge in [0.15, 0.2) is 0 Å². The molecule has 4 aliphatic rings. The molecule has 6 nitrogen and oxygen atoms in total. The fourth-order valence-corrected chi connectivity index (χ4v) is 7.45. The molecule has 2 saturated heterocycles. The van der Waals surface area contributed by atoms with Gasteiger partial charge in [0.25, 0.3) is 0 Å². The van der Waals surface area contributed by atoms with Crippen molar-refractivity contribution in [3.05, 3.63) is 35.0 Å². The molecule has 7 heteroatoms. The van der Waals surface area contributed by atoms with E-state index >= 15 is 0 Å². The fourth-order valence-electron chi connectivity index (χ4n) is 6.39. The number of rotatable bonds is 4. The van der Waals surface area contributed by atoms with Crippen LogP contribution in [0.4, 0.5) is 17.5 Å². The van der Waals surface area contributed by atoms with E-state index in [0.29, 0.717) is 17.9 Å². The van der Waals surface area contributed by atoms with Crippen LogP contribution in [0.1, 0.15) is 69.2 Å². The number of aryl methyl sites for hydroxylation is 1. The third kappa shape index (κ3) is 4.69. The summed E-state index contributed by atoms with van der Waals surface area (Å²) in [5.74, 6) is 4.45. The first kappa shape index (κ1) is 24.4. The Balaban J connectivity index is 1.18. The lowest BCUT2D eigenvalue weighted by atomic mass is 9.79. The summed E-state index contributed by atoms with van der Waals surface area (Å²) in [6, 6.07) is 7.64. The van der Waals surface area contributed by atoms with Crippen LogP contribution in [0.3, 0.4) is 0 Å². The topological polar surface area (TPSA) is 53.5 Å². The summed E-state index contributed by atoms with van der Waals surface area (Å²) in [5, 5.41) is 3.76. The average Bonchev–Trinajstić information content (AvgIpc) is 3.49. The maximum atomic E-state index is 5.56. The number of thioether (sulfide) groups is 1. The Morgan fingerprint density at radius 2 is 1.83 bits per heavy atom. The number of benzene rings is 1. The van der Waals surface area contributed by atoms with E-state index in [2.05, 4.69) is 61.1 Å². The summed E-state index contributed by atoms with van der Waals surface area (Å²) in [5.41, 5.74) is 5.87. The predicted octanol–water partition coefficient (Wildman–Crippen LogP) is 5.46. The maximum absolute atomic E-state index is 5.56. The first-order valence-electron chi connectivity index (χ1n) is 13.9. The highest BCUT2D eigenvalue weighted by atomic mass is 32.2. The first-order chi connectivity index (χ1) is 17.4. The highest BCUT2D eigenvalue weighted by Crippen LogP contribution is 2.45. The molecule has 0 radical (unpaired) electrons. The van der Waals surface area contributed by atoms with Crippen LogP contribution < -0.4 is 15.1 Å². The third-order valence-corrected chi connectivity index (χ3v) is 9.76. The molecule has 194 valence electrons. The molecule has 1 unspecified atom stereocenters. The number of hydrogen-bond donors (Lipinski definition) is 1. The van der Waals surface area contributed by atoms with E-state index in [1.807, 2.05) is 11.8 Å². The number of piperidine rings is 1. The van der Waals surface area contributed by atoms with Crippen molar-refractivity contribution in [2.45, 2.75) is 75.1 Å². The second kappa shape index (κ2) is 9.71. The Morgan fingerprint density at radius 3 is 2.58 bits per heavy atom. The summed E-state index contributed by atoms with van der Waals surface area (Å²) in [4.78, 5) is 16.4. The Hall–Kier alpha value is -1.99. The molecule has 1 N–H and O–H groups in total. The van der Waals surface area contributed by atoms with Crippen LogP contribution in [0, 0.1) is 5.92 Å². The van der Waals surface area contributed by atoms with Gasteiger partial charge in [-0.1, -0.05) is 32.9 Å². The van der Waals surface area contributed by atoms with Crippen LogP contribution in [0.15, 0.2) is 23.1 Å². The van der Waals surface area contributed by atoms with Crippen LogP contribution in [-0.2, 0) is 16.6 Å². The molecule has 2 aromatic rings. The monoisotopic (exact) mass is 507 g/mol. The van der Waals surface area contributed by atoms with Gasteiger partial charge >= 0.3 is 0 Å². The number of likely N-dealkylation sites (N-methyl/N-ethyl adjacent to an activating group) is 1. The number of nitrogens with one attached hydrogen (secondary N) is 1. The smallest absolute Gasteiger partial charge is 0.227 e. The van der Waals surface area contributed by atoms with Gasteiger partial charge in [-0.15, -0.1) is 11.8 Å². The lowest BCUT2D eigenvalue weighted by molar-refractivity contribution is 0.0903. The number of fused-ring (bicyclic) bond motifs is 2. The lowest BCUT2D eigenvalue weighted by Crippen LogP contribution is -2.38. The Morgan fingerprint density at radius 1 is 1.06 bits per heavy atom. The summed E-state index contributed by atoms with van der Waals surface area (Å²) < 4.78 is 5.56. The molecule has 6 rings (SSSR count). The zero-order valence-corrected chi connectivity index (χ0v) is 23.2. The quantitative estimate of drug-likeness (QED) is 0.589. The van der Waals surface area contributed by atoms with Gasteiger partial charge in [0.2, 0.25) is 5.95 Å². The number of anilines is 3. The zero-order valence-electron chi connectivity index (χ0n) is 22.3. The van der Waals surface area contributed by atoms with Crippen LogP contribution >= 0.6 is 11.8 Å². The van der Waals surface area contributed by atoms with E-state index in [4.69, 9.17) is 14.7 Å². The summed E-state index contributed by atoms with van der Waals surface area (Å²) in [6.45, 7) is 11.9.